The van der Waals surface area contributed by atoms with E-state index in [1.54, 1.807) is 0 Å². The average Bonchev–Trinajstić information content (AvgIpc) is 2.61. The van der Waals surface area contributed by atoms with E-state index in [0.29, 0.717) is 10.0 Å². The van der Waals surface area contributed by atoms with Gasteiger partial charge in [-0.25, -0.2) is 0 Å². The van der Waals surface area contributed by atoms with Gasteiger partial charge in [0.25, 0.3) is 0 Å². The van der Waals surface area contributed by atoms with Gasteiger partial charge in [0, 0.05) is 17.0 Å². The zero-order chi connectivity index (χ0) is 19.6. The number of benzene rings is 2. The number of hydrogen-bond donors (Lipinski definition) is 1. The smallest absolute Gasteiger partial charge is 0.0630 e. The van der Waals surface area contributed by atoms with E-state index in [1.165, 1.54) is 5.56 Å². The molecule has 2 aromatic rings. The maximum atomic E-state index is 10.4. The van der Waals surface area contributed by atoms with Crippen LogP contribution in [0, 0.1) is 5.92 Å². The Morgan fingerprint density at radius 3 is 2.44 bits per heavy atom. The maximum Gasteiger partial charge on any atom is 0.0630 e. The summed E-state index contributed by atoms with van der Waals surface area (Å²) < 4.78 is 0. The Kier molecular flexibility index (Phi) is 6.76. The predicted octanol–water partition coefficient (Wildman–Crippen LogP) is 5.85. The fraction of sp³-hybridized carbons (Fsp3) is 0.455. The summed E-state index contributed by atoms with van der Waals surface area (Å²) in [6, 6.07) is 13.9. The fourth-order valence-corrected chi connectivity index (χ4v) is 5.14. The second kappa shape index (κ2) is 8.71. The van der Waals surface area contributed by atoms with Crippen LogP contribution >= 0.6 is 34.8 Å². The summed E-state index contributed by atoms with van der Waals surface area (Å²) in [5.41, 5.74) is 2.13. The van der Waals surface area contributed by atoms with Crippen LogP contribution in [0.15, 0.2) is 42.5 Å². The van der Waals surface area contributed by atoms with Crippen LogP contribution in [-0.4, -0.2) is 36.8 Å². The molecule has 0 aliphatic heterocycles. The summed E-state index contributed by atoms with van der Waals surface area (Å²) in [6.07, 6.45) is 2.96. The summed E-state index contributed by atoms with van der Waals surface area (Å²) in [5.74, 6) is 0.267. The van der Waals surface area contributed by atoms with Crippen molar-refractivity contribution in [2.24, 2.45) is 5.92 Å². The summed E-state index contributed by atoms with van der Waals surface area (Å²) in [4.78, 5) is 2.19. The second-order valence-electron chi connectivity index (χ2n) is 7.95. The van der Waals surface area contributed by atoms with Crippen LogP contribution in [0.5, 0.6) is 0 Å². The van der Waals surface area contributed by atoms with Crippen LogP contribution in [0.4, 0.5) is 0 Å². The lowest BCUT2D eigenvalue weighted by Gasteiger charge is -2.48. The minimum absolute atomic E-state index is 0.181. The third kappa shape index (κ3) is 4.63. The Hall–Kier alpha value is -0.770. The highest BCUT2D eigenvalue weighted by molar-refractivity contribution is 6.42. The van der Waals surface area contributed by atoms with Crippen molar-refractivity contribution in [3.63, 3.8) is 0 Å². The molecule has 27 heavy (non-hydrogen) atoms. The first-order valence-electron chi connectivity index (χ1n) is 9.33. The Morgan fingerprint density at radius 2 is 1.78 bits per heavy atom. The lowest BCUT2D eigenvalue weighted by Crippen LogP contribution is -2.48. The van der Waals surface area contributed by atoms with E-state index in [2.05, 4.69) is 37.2 Å². The zero-order valence-electron chi connectivity index (χ0n) is 15.8. The number of halogens is 3. The van der Waals surface area contributed by atoms with E-state index in [1.807, 2.05) is 24.3 Å². The molecular formula is C22H26Cl3NO. The molecule has 0 bridgehead atoms. The molecule has 0 spiro atoms. The number of hydrogen-bond acceptors (Lipinski definition) is 2. The molecule has 0 amide bonds. The summed E-state index contributed by atoms with van der Waals surface area (Å²) in [6.45, 7) is 0.882. The van der Waals surface area contributed by atoms with Gasteiger partial charge in [-0.05, 0) is 75.0 Å². The minimum Gasteiger partial charge on any atom is -0.393 e. The first kappa shape index (κ1) is 21.0. The van der Waals surface area contributed by atoms with Gasteiger partial charge >= 0.3 is 0 Å². The van der Waals surface area contributed by atoms with Gasteiger partial charge in [-0.15, -0.1) is 0 Å². The number of rotatable bonds is 5. The van der Waals surface area contributed by atoms with Crippen molar-refractivity contribution in [3.8, 4) is 0 Å². The van der Waals surface area contributed by atoms with Gasteiger partial charge in [0.15, 0.2) is 0 Å². The van der Waals surface area contributed by atoms with Gasteiger partial charge in [-0.1, -0.05) is 59.1 Å². The molecule has 1 saturated carbocycles. The third-order valence-electron chi connectivity index (χ3n) is 5.77. The standard InChI is InChI=1S/C22H26Cl3NO/c1-26(2)14-16-12-18(27)10-11-22(16,13-15-6-8-17(23)9-7-15)19-4-3-5-20(24)21(19)25/h3-9,16,18,27H,10-14H2,1-2H3. The molecule has 2 nitrogen and oxygen atoms in total. The molecule has 0 saturated heterocycles. The highest BCUT2D eigenvalue weighted by Crippen LogP contribution is 2.49. The topological polar surface area (TPSA) is 23.5 Å². The van der Waals surface area contributed by atoms with Gasteiger partial charge in [0.2, 0.25) is 0 Å². The van der Waals surface area contributed by atoms with Crippen molar-refractivity contribution < 1.29 is 5.11 Å². The van der Waals surface area contributed by atoms with E-state index >= 15 is 0 Å². The van der Waals surface area contributed by atoms with Crippen LogP contribution in [0.1, 0.15) is 30.4 Å². The molecule has 0 radical (unpaired) electrons. The van der Waals surface area contributed by atoms with E-state index in [4.69, 9.17) is 34.8 Å². The van der Waals surface area contributed by atoms with Crippen molar-refractivity contribution >= 4 is 34.8 Å². The molecular weight excluding hydrogens is 401 g/mol. The number of aliphatic hydroxyl groups is 1. The Balaban J connectivity index is 2.11. The summed E-state index contributed by atoms with van der Waals surface area (Å²) in [5, 5.41) is 12.4. The Bertz CT molecular complexity index is 776. The zero-order valence-corrected chi connectivity index (χ0v) is 18.0. The molecule has 146 valence electrons. The first-order chi connectivity index (χ1) is 12.8. The van der Waals surface area contributed by atoms with Gasteiger partial charge in [0.1, 0.15) is 0 Å². The van der Waals surface area contributed by atoms with Gasteiger partial charge < -0.3 is 10.0 Å². The normalized spacial score (nSPS) is 25.7. The lowest BCUT2D eigenvalue weighted by molar-refractivity contribution is 0.0381. The molecule has 3 unspecified atom stereocenters. The maximum absolute atomic E-state index is 10.4. The first-order valence-corrected chi connectivity index (χ1v) is 10.5. The van der Waals surface area contributed by atoms with Crippen molar-refractivity contribution in [1.29, 1.82) is 0 Å². The van der Waals surface area contributed by atoms with Crippen molar-refractivity contribution in [2.75, 3.05) is 20.6 Å². The molecule has 1 fully saturated rings. The van der Waals surface area contributed by atoms with Gasteiger partial charge in [0.05, 0.1) is 16.1 Å². The Morgan fingerprint density at radius 1 is 1.07 bits per heavy atom. The van der Waals surface area contributed by atoms with Gasteiger partial charge in [-0.3, -0.25) is 0 Å². The fourth-order valence-electron chi connectivity index (χ4n) is 4.53. The molecule has 3 atom stereocenters. The molecule has 5 heteroatoms. The van der Waals surface area contributed by atoms with Crippen molar-refractivity contribution in [1.82, 2.24) is 4.90 Å². The highest BCUT2D eigenvalue weighted by Gasteiger charge is 2.45. The summed E-state index contributed by atoms with van der Waals surface area (Å²) in [7, 11) is 4.15. The van der Waals surface area contributed by atoms with Crippen molar-refractivity contribution in [3.05, 3.63) is 68.7 Å². The monoisotopic (exact) mass is 425 g/mol. The number of nitrogens with zero attached hydrogens (tertiary/aromatic N) is 1. The quantitative estimate of drug-likeness (QED) is 0.648. The SMILES string of the molecule is CN(C)CC1CC(O)CCC1(Cc1ccc(Cl)cc1)c1cccc(Cl)c1Cl. The van der Waals surface area contributed by atoms with E-state index in [0.717, 1.165) is 42.8 Å². The van der Waals surface area contributed by atoms with Gasteiger partial charge in [-0.2, -0.15) is 0 Å². The van der Waals surface area contributed by atoms with E-state index in [-0.39, 0.29) is 17.4 Å². The second-order valence-corrected chi connectivity index (χ2v) is 9.17. The lowest BCUT2D eigenvalue weighted by atomic mass is 9.59. The van der Waals surface area contributed by atoms with Crippen LogP contribution in [-0.2, 0) is 11.8 Å². The number of aliphatic hydroxyl groups excluding tert-OH is 1. The van der Waals surface area contributed by atoms with E-state index < -0.39 is 0 Å². The Labute approximate surface area is 177 Å². The van der Waals surface area contributed by atoms with E-state index in [9.17, 15) is 5.11 Å². The van der Waals surface area contributed by atoms with Crippen LogP contribution in [0.3, 0.4) is 0 Å². The summed E-state index contributed by atoms with van der Waals surface area (Å²) >= 11 is 19.2. The highest BCUT2D eigenvalue weighted by atomic mass is 35.5. The molecule has 2 aromatic carbocycles. The van der Waals surface area contributed by atoms with Crippen LogP contribution in [0.2, 0.25) is 15.1 Å². The molecule has 0 heterocycles. The van der Waals surface area contributed by atoms with Crippen LogP contribution in [0.25, 0.3) is 0 Å². The predicted molar refractivity (Wildman–Crippen MR) is 115 cm³/mol. The molecule has 3 rings (SSSR count). The average molecular weight is 427 g/mol. The molecule has 1 aliphatic rings. The molecule has 1 aliphatic carbocycles. The largest absolute Gasteiger partial charge is 0.393 e. The third-order valence-corrected chi connectivity index (χ3v) is 6.84. The van der Waals surface area contributed by atoms with Crippen molar-refractivity contribution in [2.45, 2.75) is 37.2 Å². The van der Waals surface area contributed by atoms with Crippen LogP contribution < -0.4 is 0 Å². The molecule has 1 N–H and O–H groups in total. The molecule has 0 aromatic heterocycles. The minimum atomic E-state index is -0.272.